The lowest BCUT2D eigenvalue weighted by Gasteiger charge is -2.09. The highest BCUT2D eigenvalue weighted by atomic mass is 16.5. The summed E-state index contributed by atoms with van der Waals surface area (Å²) in [5.74, 6) is 0.373. The van der Waals surface area contributed by atoms with Gasteiger partial charge in [-0.05, 0) is 37.3 Å². The van der Waals surface area contributed by atoms with Crippen molar-refractivity contribution in [2.24, 2.45) is 0 Å². The van der Waals surface area contributed by atoms with Crippen molar-refractivity contribution in [1.29, 1.82) is 0 Å². The lowest BCUT2D eigenvalue weighted by atomic mass is 10.1. The van der Waals surface area contributed by atoms with Crippen LogP contribution >= 0.6 is 0 Å². The van der Waals surface area contributed by atoms with Gasteiger partial charge in [0.1, 0.15) is 12.3 Å². The fourth-order valence-electron chi connectivity index (χ4n) is 2.45. The van der Waals surface area contributed by atoms with Crippen LogP contribution in [0, 0.1) is 6.92 Å². The van der Waals surface area contributed by atoms with E-state index in [0.29, 0.717) is 17.1 Å². The van der Waals surface area contributed by atoms with E-state index in [9.17, 15) is 9.59 Å². The van der Waals surface area contributed by atoms with Crippen LogP contribution < -0.4 is 15.6 Å². The SMILES string of the molecule is COc1ccc(NC(=O)Cn2nc(-c3ccc(C)cc3)ccc2=O)cc1. The molecule has 1 heterocycles. The standard InChI is InChI=1S/C20H19N3O3/c1-14-3-5-15(6-4-14)18-11-12-20(25)23(22-18)13-19(24)21-16-7-9-17(26-2)10-8-16/h3-12H,13H2,1-2H3,(H,21,24). The molecule has 0 aliphatic rings. The van der Waals surface area contributed by atoms with Gasteiger partial charge in [0.2, 0.25) is 5.91 Å². The molecule has 0 fully saturated rings. The maximum atomic E-state index is 12.2. The normalized spacial score (nSPS) is 10.4. The molecule has 3 rings (SSSR count). The van der Waals surface area contributed by atoms with Gasteiger partial charge in [0.25, 0.3) is 5.56 Å². The van der Waals surface area contributed by atoms with Crippen molar-refractivity contribution in [3.8, 4) is 17.0 Å². The van der Waals surface area contributed by atoms with Crippen molar-refractivity contribution in [3.05, 3.63) is 76.6 Å². The summed E-state index contributed by atoms with van der Waals surface area (Å²) in [6, 6.07) is 17.9. The van der Waals surface area contributed by atoms with Crippen molar-refractivity contribution in [3.63, 3.8) is 0 Å². The zero-order chi connectivity index (χ0) is 18.5. The van der Waals surface area contributed by atoms with E-state index in [1.165, 1.54) is 6.07 Å². The molecule has 0 aliphatic heterocycles. The zero-order valence-corrected chi connectivity index (χ0v) is 14.6. The van der Waals surface area contributed by atoms with Gasteiger partial charge >= 0.3 is 0 Å². The van der Waals surface area contributed by atoms with E-state index in [1.54, 1.807) is 37.4 Å². The molecule has 0 saturated carbocycles. The minimum Gasteiger partial charge on any atom is -0.497 e. The summed E-state index contributed by atoms with van der Waals surface area (Å²) in [5.41, 5.74) is 2.96. The van der Waals surface area contributed by atoms with Crippen molar-refractivity contribution in [1.82, 2.24) is 9.78 Å². The molecule has 0 aliphatic carbocycles. The molecular weight excluding hydrogens is 330 g/mol. The van der Waals surface area contributed by atoms with Crippen molar-refractivity contribution in [2.45, 2.75) is 13.5 Å². The first kappa shape index (κ1) is 17.4. The minimum absolute atomic E-state index is 0.162. The number of rotatable bonds is 5. The van der Waals surface area contributed by atoms with Crippen LogP contribution in [0.5, 0.6) is 5.75 Å². The van der Waals surface area contributed by atoms with E-state index in [4.69, 9.17) is 4.74 Å². The van der Waals surface area contributed by atoms with Crippen molar-refractivity contribution in [2.75, 3.05) is 12.4 Å². The Morgan fingerprint density at radius 1 is 1.04 bits per heavy atom. The van der Waals surface area contributed by atoms with Gasteiger partial charge < -0.3 is 10.1 Å². The van der Waals surface area contributed by atoms with Gasteiger partial charge in [-0.2, -0.15) is 5.10 Å². The molecule has 0 unspecified atom stereocenters. The molecule has 2 aromatic carbocycles. The van der Waals surface area contributed by atoms with E-state index < -0.39 is 0 Å². The Morgan fingerprint density at radius 2 is 1.73 bits per heavy atom. The molecule has 0 bridgehead atoms. The smallest absolute Gasteiger partial charge is 0.267 e. The number of nitrogens with zero attached hydrogens (tertiary/aromatic N) is 2. The third kappa shape index (κ3) is 4.16. The van der Waals surface area contributed by atoms with Crippen molar-refractivity contribution < 1.29 is 9.53 Å². The molecule has 3 aromatic rings. The summed E-state index contributed by atoms with van der Waals surface area (Å²) in [5, 5.41) is 7.05. The lowest BCUT2D eigenvalue weighted by Crippen LogP contribution is -2.29. The second-order valence-corrected chi connectivity index (χ2v) is 5.86. The summed E-state index contributed by atoms with van der Waals surface area (Å²) < 4.78 is 6.24. The average Bonchev–Trinajstić information content (AvgIpc) is 2.65. The van der Waals surface area contributed by atoms with Crippen LogP contribution in [-0.4, -0.2) is 22.8 Å². The molecule has 132 valence electrons. The second-order valence-electron chi connectivity index (χ2n) is 5.86. The number of anilines is 1. The molecule has 0 spiro atoms. The van der Waals surface area contributed by atoms with Crippen LogP contribution in [0.4, 0.5) is 5.69 Å². The number of carbonyl (C=O) groups is 1. The highest BCUT2D eigenvalue weighted by Crippen LogP contribution is 2.16. The lowest BCUT2D eigenvalue weighted by molar-refractivity contribution is -0.117. The Balaban J connectivity index is 1.75. The molecule has 1 aromatic heterocycles. The molecule has 0 atom stereocenters. The minimum atomic E-state index is -0.328. The predicted octanol–water partition coefficient (Wildman–Crippen LogP) is 2.87. The summed E-state index contributed by atoms with van der Waals surface area (Å²) >= 11 is 0. The number of ether oxygens (including phenoxy) is 1. The maximum Gasteiger partial charge on any atom is 0.267 e. The number of aromatic nitrogens is 2. The largest absolute Gasteiger partial charge is 0.497 e. The van der Waals surface area contributed by atoms with Crippen LogP contribution in [0.1, 0.15) is 5.56 Å². The molecule has 1 amide bonds. The third-order valence-electron chi connectivity index (χ3n) is 3.88. The van der Waals surface area contributed by atoms with E-state index in [1.807, 2.05) is 31.2 Å². The highest BCUT2D eigenvalue weighted by Gasteiger charge is 2.08. The van der Waals surface area contributed by atoms with Gasteiger partial charge in [-0.3, -0.25) is 9.59 Å². The fraction of sp³-hybridized carbons (Fsp3) is 0.150. The number of carbonyl (C=O) groups excluding carboxylic acids is 1. The van der Waals surface area contributed by atoms with Crippen molar-refractivity contribution >= 4 is 11.6 Å². The van der Waals surface area contributed by atoms with E-state index in [0.717, 1.165) is 15.8 Å². The first-order chi connectivity index (χ1) is 12.5. The fourth-order valence-corrected chi connectivity index (χ4v) is 2.45. The Kier molecular flexibility index (Phi) is 5.12. The number of hydrogen-bond acceptors (Lipinski definition) is 4. The molecular formula is C20H19N3O3. The number of benzene rings is 2. The van der Waals surface area contributed by atoms with E-state index in [-0.39, 0.29) is 18.0 Å². The van der Waals surface area contributed by atoms with Crippen LogP contribution in [0.2, 0.25) is 0 Å². The molecule has 0 radical (unpaired) electrons. The summed E-state index contributed by atoms with van der Waals surface area (Å²) in [7, 11) is 1.58. The Morgan fingerprint density at radius 3 is 2.38 bits per heavy atom. The zero-order valence-electron chi connectivity index (χ0n) is 14.6. The topological polar surface area (TPSA) is 73.2 Å². The molecule has 6 nitrogen and oxygen atoms in total. The first-order valence-electron chi connectivity index (χ1n) is 8.14. The molecule has 1 N–H and O–H groups in total. The van der Waals surface area contributed by atoms with Gasteiger partial charge in [0, 0.05) is 17.3 Å². The third-order valence-corrected chi connectivity index (χ3v) is 3.88. The Bertz CT molecular complexity index is 961. The first-order valence-corrected chi connectivity index (χ1v) is 8.14. The van der Waals surface area contributed by atoms with E-state index in [2.05, 4.69) is 10.4 Å². The Hall–Kier alpha value is -3.41. The van der Waals surface area contributed by atoms with Crippen LogP contribution in [0.15, 0.2) is 65.5 Å². The number of amides is 1. The summed E-state index contributed by atoms with van der Waals surface area (Å²) in [4.78, 5) is 24.3. The van der Waals surface area contributed by atoms with Gasteiger partial charge in [-0.25, -0.2) is 4.68 Å². The summed E-state index contributed by atoms with van der Waals surface area (Å²) in [6.45, 7) is 1.84. The monoisotopic (exact) mass is 349 g/mol. The average molecular weight is 349 g/mol. The van der Waals surface area contributed by atoms with Gasteiger partial charge in [-0.1, -0.05) is 29.8 Å². The van der Waals surface area contributed by atoms with Gasteiger partial charge in [0.15, 0.2) is 0 Å². The quantitative estimate of drug-likeness (QED) is 0.769. The molecule has 6 heteroatoms. The number of nitrogens with one attached hydrogen (secondary N) is 1. The van der Waals surface area contributed by atoms with Gasteiger partial charge in [-0.15, -0.1) is 0 Å². The van der Waals surface area contributed by atoms with Crippen LogP contribution in [0.3, 0.4) is 0 Å². The number of hydrogen-bond donors (Lipinski definition) is 1. The van der Waals surface area contributed by atoms with Crippen LogP contribution in [-0.2, 0) is 11.3 Å². The number of methoxy groups -OCH3 is 1. The maximum absolute atomic E-state index is 12.2. The molecule has 26 heavy (non-hydrogen) atoms. The number of aryl methyl sites for hydroxylation is 1. The Labute approximate surface area is 151 Å². The molecule has 0 saturated heterocycles. The summed E-state index contributed by atoms with van der Waals surface area (Å²) in [6.07, 6.45) is 0. The second kappa shape index (κ2) is 7.65. The van der Waals surface area contributed by atoms with Gasteiger partial charge in [0.05, 0.1) is 12.8 Å². The van der Waals surface area contributed by atoms with Crippen LogP contribution in [0.25, 0.3) is 11.3 Å². The van der Waals surface area contributed by atoms with E-state index >= 15 is 0 Å². The highest BCUT2D eigenvalue weighted by molar-refractivity contribution is 5.90. The predicted molar refractivity (Wildman–Crippen MR) is 100 cm³/mol.